The monoisotopic (exact) mass is 287 g/mol. The van der Waals surface area contributed by atoms with Gasteiger partial charge in [-0.3, -0.25) is 0 Å². The van der Waals surface area contributed by atoms with Crippen molar-refractivity contribution in [3.63, 3.8) is 0 Å². The standard InChI is InChI=1S/C18H22ClN/c1-3-20(4-2)14-18(19)17-12-10-16(11-13-17)15-8-6-5-7-9-15/h5-13,18H,3-4,14H2,1-2H3. The van der Waals surface area contributed by atoms with Gasteiger partial charge in [-0.05, 0) is 29.8 Å². The number of hydrogen-bond acceptors (Lipinski definition) is 1. The molecule has 0 aliphatic rings. The van der Waals surface area contributed by atoms with Crippen LogP contribution in [0.5, 0.6) is 0 Å². The second kappa shape index (κ2) is 7.47. The fourth-order valence-corrected chi connectivity index (χ4v) is 2.67. The predicted molar refractivity (Wildman–Crippen MR) is 88.3 cm³/mol. The van der Waals surface area contributed by atoms with E-state index in [2.05, 4.69) is 67.3 Å². The summed E-state index contributed by atoms with van der Waals surface area (Å²) >= 11 is 6.52. The zero-order chi connectivity index (χ0) is 14.4. The number of alkyl halides is 1. The summed E-state index contributed by atoms with van der Waals surface area (Å²) in [7, 11) is 0. The minimum atomic E-state index is 0.0553. The third-order valence-electron chi connectivity index (χ3n) is 3.69. The smallest absolute Gasteiger partial charge is 0.0712 e. The molecule has 20 heavy (non-hydrogen) atoms. The van der Waals surface area contributed by atoms with Crippen LogP contribution in [-0.4, -0.2) is 24.5 Å². The Labute approximate surface area is 127 Å². The molecule has 1 unspecified atom stereocenters. The molecule has 2 aromatic carbocycles. The van der Waals surface area contributed by atoms with Crippen LogP contribution in [0.3, 0.4) is 0 Å². The number of rotatable bonds is 6. The molecule has 106 valence electrons. The molecule has 0 saturated heterocycles. The summed E-state index contributed by atoms with van der Waals surface area (Å²) in [5.74, 6) is 0. The van der Waals surface area contributed by atoms with Gasteiger partial charge in [0.2, 0.25) is 0 Å². The SMILES string of the molecule is CCN(CC)CC(Cl)c1ccc(-c2ccccc2)cc1. The highest BCUT2D eigenvalue weighted by Gasteiger charge is 2.11. The lowest BCUT2D eigenvalue weighted by atomic mass is 10.0. The zero-order valence-electron chi connectivity index (χ0n) is 12.2. The van der Waals surface area contributed by atoms with Crippen molar-refractivity contribution in [3.8, 4) is 11.1 Å². The van der Waals surface area contributed by atoms with E-state index in [1.54, 1.807) is 0 Å². The lowest BCUT2D eigenvalue weighted by molar-refractivity contribution is 0.304. The average Bonchev–Trinajstić information content (AvgIpc) is 2.53. The Balaban J connectivity index is 2.08. The largest absolute Gasteiger partial charge is 0.302 e. The van der Waals surface area contributed by atoms with Crippen molar-refractivity contribution in [1.29, 1.82) is 0 Å². The fourth-order valence-electron chi connectivity index (χ4n) is 2.33. The first-order valence-corrected chi connectivity index (χ1v) is 7.70. The molecule has 2 heteroatoms. The van der Waals surface area contributed by atoms with Gasteiger partial charge < -0.3 is 4.90 Å². The Morgan fingerprint density at radius 3 is 1.95 bits per heavy atom. The second-order valence-corrected chi connectivity index (χ2v) is 5.47. The molecule has 0 fully saturated rings. The average molecular weight is 288 g/mol. The van der Waals surface area contributed by atoms with E-state index in [4.69, 9.17) is 11.6 Å². The van der Waals surface area contributed by atoms with Crippen LogP contribution in [0.1, 0.15) is 24.8 Å². The third kappa shape index (κ3) is 3.84. The van der Waals surface area contributed by atoms with E-state index in [9.17, 15) is 0 Å². The van der Waals surface area contributed by atoms with Crippen molar-refractivity contribution in [1.82, 2.24) is 4.90 Å². The van der Waals surface area contributed by atoms with E-state index in [0.717, 1.165) is 19.6 Å². The van der Waals surface area contributed by atoms with Crippen LogP contribution in [0, 0.1) is 0 Å². The molecular formula is C18H22ClN. The van der Waals surface area contributed by atoms with Gasteiger partial charge in [-0.2, -0.15) is 0 Å². The van der Waals surface area contributed by atoms with Crippen LogP contribution in [0.25, 0.3) is 11.1 Å². The van der Waals surface area contributed by atoms with Crippen LogP contribution < -0.4 is 0 Å². The molecule has 0 N–H and O–H groups in total. The Morgan fingerprint density at radius 1 is 0.850 bits per heavy atom. The Hall–Kier alpha value is -1.31. The molecule has 2 aromatic rings. The third-order valence-corrected chi connectivity index (χ3v) is 4.08. The number of halogens is 1. The number of nitrogens with zero attached hydrogens (tertiary/aromatic N) is 1. The van der Waals surface area contributed by atoms with Gasteiger partial charge in [-0.15, -0.1) is 11.6 Å². The van der Waals surface area contributed by atoms with Crippen LogP contribution in [-0.2, 0) is 0 Å². The minimum Gasteiger partial charge on any atom is -0.302 e. The molecule has 0 aliphatic carbocycles. The first-order valence-electron chi connectivity index (χ1n) is 7.26. The van der Waals surface area contributed by atoms with Crippen molar-refractivity contribution in [3.05, 3.63) is 60.2 Å². The summed E-state index contributed by atoms with van der Waals surface area (Å²) < 4.78 is 0. The molecular weight excluding hydrogens is 266 g/mol. The quantitative estimate of drug-likeness (QED) is 0.678. The predicted octanol–water partition coefficient (Wildman–Crippen LogP) is 4.98. The normalized spacial score (nSPS) is 12.6. The molecule has 0 saturated carbocycles. The first kappa shape index (κ1) is 15.1. The lowest BCUT2D eigenvalue weighted by Crippen LogP contribution is -2.26. The summed E-state index contributed by atoms with van der Waals surface area (Å²) in [6, 6.07) is 19.0. The molecule has 1 atom stereocenters. The number of hydrogen-bond donors (Lipinski definition) is 0. The summed E-state index contributed by atoms with van der Waals surface area (Å²) in [5.41, 5.74) is 3.67. The maximum atomic E-state index is 6.52. The van der Waals surface area contributed by atoms with Crippen LogP contribution in [0.2, 0.25) is 0 Å². The van der Waals surface area contributed by atoms with Gasteiger partial charge in [0.1, 0.15) is 0 Å². The topological polar surface area (TPSA) is 3.24 Å². The summed E-state index contributed by atoms with van der Waals surface area (Å²) in [6.07, 6.45) is 0. The van der Waals surface area contributed by atoms with Gasteiger partial charge in [0.05, 0.1) is 5.38 Å². The molecule has 0 radical (unpaired) electrons. The van der Waals surface area contributed by atoms with E-state index in [1.165, 1.54) is 16.7 Å². The highest BCUT2D eigenvalue weighted by atomic mass is 35.5. The molecule has 0 aromatic heterocycles. The molecule has 0 spiro atoms. The van der Waals surface area contributed by atoms with E-state index >= 15 is 0 Å². The van der Waals surface area contributed by atoms with Crippen molar-refractivity contribution < 1.29 is 0 Å². The Morgan fingerprint density at radius 2 is 1.40 bits per heavy atom. The van der Waals surface area contributed by atoms with Crippen molar-refractivity contribution >= 4 is 11.6 Å². The van der Waals surface area contributed by atoms with Crippen LogP contribution in [0.15, 0.2) is 54.6 Å². The van der Waals surface area contributed by atoms with E-state index < -0.39 is 0 Å². The molecule has 0 amide bonds. The molecule has 0 aliphatic heterocycles. The van der Waals surface area contributed by atoms with Gasteiger partial charge >= 0.3 is 0 Å². The summed E-state index contributed by atoms with van der Waals surface area (Å²) in [5, 5.41) is 0.0553. The molecule has 0 bridgehead atoms. The summed E-state index contributed by atoms with van der Waals surface area (Å²) in [4.78, 5) is 2.35. The van der Waals surface area contributed by atoms with Gasteiger partial charge in [-0.25, -0.2) is 0 Å². The number of likely N-dealkylation sites (N-methyl/N-ethyl adjacent to an activating group) is 1. The lowest BCUT2D eigenvalue weighted by Gasteiger charge is -2.21. The van der Waals surface area contributed by atoms with Gasteiger partial charge in [0, 0.05) is 6.54 Å². The van der Waals surface area contributed by atoms with Crippen molar-refractivity contribution in [2.75, 3.05) is 19.6 Å². The van der Waals surface area contributed by atoms with E-state index in [-0.39, 0.29) is 5.38 Å². The highest BCUT2D eigenvalue weighted by Crippen LogP contribution is 2.25. The van der Waals surface area contributed by atoms with Gasteiger partial charge in [0.25, 0.3) is 0 Å². The zero-order valence-corrected chi connectivity index (χ0v) is 13.0. The van der Waals surface area contributed by atoms with E-state index in [0.29, 0.717) is 0 Å². The Kier molecular flexibility index (Phi) is 5.63. The van der Waals surface area contributed by atoms with Gasteiger partial charge in [-0.1, -0.05) is 68.4 Å². The van der Waals surface area contributed by atoms with Crippen LogP contribution in [0.4, 0.5) is 0 Å². The van der Waals surface area contributed by atoms with E-state index in [1.807, 2.05) is 6.07 Å². The second-order valence-electron chi connectivity index (χ2n) is 4.94. The van der Waals surface area contributed by atoms with Crippen molar-refractivity contribution in [2.45, 2.75) is 19.2 Å². The van der Waals surface area contributed by atoms with Gasteiger partial charge in [0.15, 0.2) is 0 Å². The molecule has 0 heterocycles. The fraction of sp³-hybridized carbons (Fsp3) is 0.333. The number of benzene rings is 2. The Bertz CT molecular complexity index is 503. The summed E-state index contributed by atoms with van der Waals surface area (Å²) in [6.45, 7) is 7.33. The maximum absolute atomic E-state index is 6.52. The molecule has 1 nitrogen and oxygen atoms in total. The van der Waals surface area contributed by atoms with Crippen LogP contribution >= 0.6 is 11.6 Å². The first-order chi connectivity index (χ1) is 9.74. The molecule has 2 rings (SSSR count). The van der Waals surface area contributed by atoms with Crippen molar-refractivity contribution in [2.24, 2.45) is 0 Å². The minimum absolute atomic E-state index is 0.0553. The highest BCUT2D eigenvalue weighted by molar-refractivity contribution is 6.21. The maximum Gasteiger partial charge on any atom is 0.0712 e.